The summed E-state index contributed by atoms with van der Waals surface area (Å²) < 4.78 is 4.81. The molecule has 0 radical (unpaired) electrons. The van der Waals surface area contributed by atoms with Crippen molar-refractivity contribution in [3.8, 4) is 0 Å². The number of hydrogen-bond acceptors (Lipinski definition) is 5. The predicted octanol–water partition coefficient (Wildman–Crippen LogP) is 0.0415. The average Bonchev–Trinajstić information content (AvgIpc) is 2.35. The van der Waals surface area contributed by atoms with E-state index in [1.54, 1.807) is 0 Å². The van der Waals surface area contributed by atoms with Crippen LogP contribution in [-0.2, 0) is 9.53 Å². The second-order valence-electron chi connectivity index (χ2n) is 3.37. The number of carboxylic acids is 1. The van der Waals surface area contributed by atoms with Gasteiger partial charge in [-0.05, 0) is 0 Å². The van der Waals surface area contributed by atoms with Gasteiger partial charge in [-0.3, -0.25) is 4.79 Å². The van der Waals surface area contributed by atoms with Crippen molar-refractivity contribution >= 4 is 17.7 Å². The molecular formula is C10H14N4O4. The van der Waals surface area contributed by atoms with Gasteiger partial charge in [0.2, 0.25) is 0 Å². The zero-order valence-corrected chi connectivity index (χ0v) is 9.87. The summed E-state index contributed by atoms with van der Waals surface area (Å²) in [6.45, 7) is 0.0389. The fraction of sp³-hybridized carbons (Fsp3) is 0.400. The van der Waals surface area contributed by atoms with Crippen molar-refractivity contribution in [3.05, 3.63) is 18.7 Å². The highest BCUT2D eigenvalue weighted by atomic mass is 16.5. The lowest BCUT2D eigenvalue weighted by atomic mass is 10.4. The van der Waals surface area contributed by atoms with Crippen LogP contribution in [0.3, 0.4) is 0 Å². The van der Waals surface area contributed by atoms with Crippen LogP contribution in [0.25, 0.3) is 0 Å². The maximum Gasteiger partial charge on any atom is 0.323 e. The molecule has 0 fully saturated rings. The summed E-state index contributed by atoms with van der Waals surface area (Å²) >= 11 is 0. The van der Waals surface area contributed by atoms with E-state index in [2.05, 4.69) is 15.3 Å². The second-order valence-corrected chi connectivity index (χ2v) is 3.37. The first-order valence-electron chi connectivity index (χ1n) is 5.15. The zero-order valence-electron chi connectivity index (χ0n) is 9.87. The number of aliphatic carboxylic acids is 1. The number of nitrogens with zero attached hydrogens (tertiary/aromatic N) is 3. The monoisotopic (exact) mass is 254 g/mol. The van der Waals surface area contributed by atoms with Gasteiger partial charge in [0.05, 0.1) is 24.7 Å². The van der Waals surface area contributed by atoms with Gasteiger partial charge in [-0.25, -0.2) is 14.8 Å². The molecule has 0 aliphatic carbocycles. The topological polar surface area (TPSA) is 105 Å². The lowest BCUT2D eigenvalue weighted by Crippen LogP contribution is -2.40. The van der Waals surface area contributed by atoms with Gasteiger partial charge in [0, 0.05) is 13.7 Å². The third kappa shape index (κ3) is 4.74. The van der Waals surface area contributed by atoms with Gasteiger partial charge < -0.3 is 20.1 Å². The maximum atomic E-state index is 11.8. The number of aromatic nitrogens is 2. The molecule has 98 valence electrons. The number of rotatable bonds is 6. The van der Waals surface area contributed by atoms with Crippen LogP contribution < -0.4 is 5.32 Å². The number of anilines is 1. The smallest absolute Gasteiger partial charge is 0.323 e. The zero-order chi connectivity index (χ0) is 13.4. The van der Waals surface area contributed by atoms with Crippen molar-refractivity contribution in [2.24, 2.45) is 0 Å². The summed E-state index contributed by atoms with van der Waals surface area (Å²) in [5.41, 5.74) is 0.398. The summed E-state index contributed by atoms with van der Waals surface area (Å²) in [7, 11) is 1.47. The Morgan fingerprint density at radius 3 is 2.67 bits per heavy atom. The Kier molecular flexibility index (Phi) is 5.52. The van der Waals surface area contributed by atoms with Gasteiger partial charge in [-0.15, -0.1) is 0 Å². The molecule has 1 aromatic heterocycles. The van der Waals surface area contributed by atoms with Crippen LogP contribution in [0.4, 0.5) is 10.5 Å². The molecule has 0 atom stereocenters. The molecule has 18 heavy (non-hydrogen) atoms. The van der Waals surface area contributed by atoms with Crippen LogP contribution in [0, 0.1) is 0 Å². The molecule has 8 heteroatoms. The third-order valence-electron chi connectivity index (χ3n) is 1.99. The molecule has 2 N–H and O–H groups in total. The Morgan fingerprint density at radius 1 is 1.44 bits per heavy atom. The lowest BCUT2D eigenvalue weighted by Gasteiger charge is -2.20. The van der Waals surface area contributed by atoms with E-state index in [-0.39, 0.29) is 13.2 Å². The van der Waals surface area contributed by atoms with Gasteiger partial charge in [-0.1, -0.05) is 0 Å². The third-order valence-corrected chi connectivity index (χ3v) is 1.99. The fourth-order valence-electron chi connectivity index (χ4n) is 1.18. The molecule has 1 rings (SSSR count). The van der Waals surface area contributed by atoms with Crippen molar-refractivity contribution in [1.82, 2.24) is 14.9 Å². The van der Waals surface area contributed by atoms with Crippen molar-refractivity contribution in [3.63, 3.8) is 0 Å². The highest BCUT2D eigenvalue weighted by Crippen LogP contribution is 2.03. The molecule has 0 bridgehead atoms. The molecule has 8 nitrogen and oxygen atoms in total. The molecule has 0 aliphatic heterocycles. The summed E-state index contributed by atoms with van der Waals surface area (Å²) in [6, 6.07) is -0.538. The van der Waals surface area contributed by atoms with E-state index in [0.29, 0.717) is 5.69 Å². The normalized spacial score (nSPS) is 9.83. The average molecular weight is 254 g/mol. The minimum Gasteiger partial charge on any atom is -0.480 e. The van der Waals surface area contributed by atoms with Gasteiger partial charge in [-0.2, -0.15) is 0 Å². The molecular weight excluding hydrogens is 240 g/mol. The van der Waals surface area contributed by atoms with Crippen LogP contribution in [0.5, 0.6) is 0 Å². The van der Waals surface area contributed by atoms with E-state index in [0.717, 1.165) is 4.90 Å². The van der Waals surface area contributed by atoms with Crippen LogP contribution in [-0.4, -0.2) is 58.8 Å². The first-order chi connectivity index (χ1) is 8.63. The maximum absolute atomic E-state index is 11.8. The van der Waals surface area contributed by atoms with Gasteiger partial charge in [0.25, 0.3) is 0 Å². The number of urea groups is 1. The van der Waals surface area contributed by atoms with Crippen LogP contribution >= 0.6 is 0 Å². The first-order valence-corrected chi connectivity index (χ1v) is 5.15. The summed E-state index contributed by atoms with van der Waals surface area (Å²) in [5, 5.41) is 11.2. The van der Waals surface area contributed by atoms with Gasteiger partial charge in [0.15, 0.2) is 0 Å². The molecule has 0 spiro atoms. The number of carbonyl (C=O) groups excluding carboxylic acids is 1. The largest absolute Gasteiger partial charge is 0.480 e. The van der Waals surface area contributed by atoms with E-state index >= 15 is 0 Å². The molecule has 1 aromatic rings. The quantitative estimate of drug-likeness (QED) is 0.742. The Bertz CT molecular complexity index is 398. The fourth-order valence-corrected chi connectivity index (χ4v) is 1.18. The highest BCUT2D eigenvalue weighted by molar-refractivity contribution is 5.90. The number of nitrogens with one attached hydrogen (secondary N) is 1. The number of amides is 2. The standard InChI is InChI=1S/C10H14N4O4/c1-18-3-2-14(6-9(15)16)10(17)13-8-4-11-7-12-5-8/h4-5,7H,2-3,6H2,1H3,(H,13,17)(H,15,16). The van der Waals surface area contributed by atoms with Crippen molar-refractivity contribution in [2.75, 3.05) is 32.1 Å². The van der Waals surface area contributed by atoms with Gasteiger partial charge >= 0.3 is 12.0 Å². The Morgan fingerprint density at radius 2 is 2.11 bits per heavy atom. The second kappa shape index (κ2) is 7.17. The molecule has 0 unspecified atom stereocenters. The minimum atomic E-state index is -1.09. The molecule has 1 heterocycles. The predicted molar refractivity (Wildman–Crippen MR) is 62.1 cm³/mol. The Balaban J connectivity index is 2.60. The van der Waals surface area contributed by atoms with E-state index in [1.807, 2.05) is 0 Å². The number of methoxy groups -OCH3 is 1. The van der Waals surface area contributed by atoms with E-state index in [4.69, 9.17) is 9.84 Å². The van der Waals surface area contributed by atoms with Crippen LogP contribution in [0.1, 0.15) is 0 Å². The highest BCUT2D eigenvalue weighted by Gasteiger charge is 2.16. The molecule has 0 aliphatic rings. The number of carboxylic acid groups (broad SMARTS) is 1. The molecule has 0 saturated carbocycles. The SMILES string of the molecule is COCCN(CC(=O)O)C(=O)Nc1cncnc1. The number of hydrogen-bond donors (Lipinski definition) is 2. The number of carbonyl (C=O) groups is 2. The molecule has 0 aromatic carbocycles. The molecule has 2 amide bonds. The lowest BCUT2D eigenvalue weighted by molar-refractivity contribution is -0.137. The van der Waals surface area contributed by atoms with E-state index in [1.165, 1.54) is 25.8 Å². The van der Waals surface area contributed by atoms with E-state index < -0.39 is 18.5 Å². The Hall–Kier alpha value is -2.22. The van der Waals surface area contributed by atoms with E-state index in [9.17, 15) is 9.59 Å². The van der Waals surface area contributed by atoms with Crippen LogP contribution in [0.15, 0.2) is 18.7 Å². The van der Waals surface area contributed by atoms with Crippen LogP contribution in [0.2, 0.25) is 0 Å². The summed E-state index contributed by atoms with van der Waals surface area (Å²) in [6.07, 6.45) is 4.16. The molecule has 0 saturated heterocycles. The first kappa shape index (κ1) is 13.8. The summed E-state index contributed by atoms with van der Waals surface area (Å²) in [4.78, 5) is 31.0. The van der Waals surface area contributed by atoms with Crippen molar-refractivity contribution < 1.29 is 19.4 Å². The van der Waals surface area contributed by atoms with Crippen molar-refractivity contribution in [1.29, 1.82) is 0 Å². The van der Waals surface area contributed by atoms with Gasteiger partial charge in [0.1, 0.15) is 12.9 Å². The van der Waals surface area contributed by atoms with Crippen molar-refractivity contribution in [2.45, 2.75) is 0 Å². The Labute approximate surface area is 104 Å². The minimum absolute atomic E-state index is 0.183. The summed E-state index contributed by atoms with van der Waals surface area (Å²) in [5.74, 6) is -1.09. The number of ether oxygens (including phenoxy) is 1.